The first kappa shape index (κ1) is 15.3. The maximum Gasteiger partial charge on any atom is 0.0613 e. The number of aliphatic hydroxyl groups excluding tert-OH is 1. The topological polar surface area (TPSA) is 35.5 Å². The molecule has 112 valence electrons. The van der Waals surface area contributed by atoms with Crippen molar-refractivity contribution in [1.82, 2.24) is 10.2 Å². The second-order valence-electron chi connectivity index (χ2n) is 6.58. The highest BCUT2D eigenvalue weighted by atomic mass is 16.3. The third kappa shape index (κ3) is 3.93. The minimum Gasteiger partial charge on any atom is -0.394 e. The Bertz CT molecular complexity index is 267. The van der Waals surface area contributed by atoms with E-state index >= 15 is 0 Å². The summed E-state index contributed by atoms with van der Waals surface area (Å²) in [5.41, 5.74) is 0.0139. The molecule has 2 unspecified atom stereocenters. The molecule has 2 aliphatic rings. The molecule has 0 radical (unpaired) electrons. The summed E-state index contributed by atoms with van der Waals surface area (Å²) < 4.78 is 0. The van der Waals surface area contributed by atoms with Gasteiger partial charge in [-0.15, -0.1) is 0 Å². The van der Waals surface area contributed by atoms with Crippen molar-refractivity contribution in [3.63, 3.8) is 0 Å². The fourth-order valence-corrected chi connectivity index (χ4v) is 3.54. The van der Waals surface area contributed by atoms with Crippen molar-refractivity contribution >= 4 is 0 Å². The van der Waals surface area contributed by atoms with Gasteiger partial charge in [-0.1, -0.05) is 20.3 Å². The molecule has 19 heavy (non-hydrogen) atoms. The summed E-state index contributed by atoms with van der Waals surface area (Å²) in [5.74, 6) is 0. The molecule has 2 N–H and O–H groups in total. The summed E-state index contributed by atoms with van der Waals surface area (Å²) in [5, 5.41) is 13.4. The molecule has 3 heteroatoms. The second kappa shape index (κ2) is 7.05. The average Bonchev–Trinajstić information content (AvgIpc) is 3.18. The zero-order valence-corrected chi connectivity index (χ0v) is 12.8. The number of aliphatic hydroxyl groups is 1. The van der Waals surface area contributed by atoms with Gasteiger partial charge in [-0.2, -0.15) is 0 Å². The highest BCUT2D eigenvalue weighted by molar-refractivity contribution is 5.02. The van der Waals surface area contributed by atoms with Crippen LogP contribution in [0.4, 0.5) is 0 Å². The Morgan fingerprint density at radius 1 is 1.16 bits per heavy atom. The Hall–Kier alpha value is -0.120. The second-order valence-corrected chi connectivity index (χ2v) is 6.58. The van der Waals surface area contributed by atoms with Crippen molar-refractivity contribution in [2.45, 2.75) is 82.8 Å². The molecule has 2 saturated carbocycles. The predicted molar refractivity (Wildman–Crippen MR) is 80.4 cm³/mol. The molecule has 0 saturated heterocycles. The number of nitrogens with zero attached hydrogens (tertiary/aromatic N) is 1. The molecule has 2 atom stereocenters. The van der Waals surface area contributed by atoms with Crippen molar-refractivity contribution in [3.8, 4) is 0 Å². The van der Waals surface area contributed by atoms with Crippen LogP contribution in [-0.4, -0.2) is 47.3 Å². The van der Waals surface area contributed by atoms with Crippen molar-refractivity contribution in [2.75, 3.05) is 19.7 Å². The average molecular weight is 268 g/mol. The van der Waals surface area contributed by atoms with Gasteiger partial charge in [-0.05, 0) is 58.0 Å². The molecule has 0 bridgehead atoms. The van der Waals surface area contributed by atoms with Crippen molar-refractivity contribution in [1.29, 1.82) is 0 Å². The summed E-state index contributed by atoms with van der Waals surface area (Å²) in [6.07, 6.45) is 10.1. The van der Waals surface area contributed by atoms with Crippen LogP contribution >= 0.6 is 0 Å². The summed E-state index contributed by atoms with van der Waals surface area (Å²) in [4.78, 5) is 2.76. The fraction of sp³-hybridized carbons (Fsp3) is 1.00. The van der Waals surface area contributed by atoms with Gasteiger partial charge in [-0.25, -0.2) is 0 Å². The molecule has 2 aliphatic carbocycles. The van der Waals surface area contributed by atoms with Crippen LogP contribution in [0.1, 0.15) is 65.2 Å². The molecular weight excluding hydrogens is 236 g/mol. The highest BCUT2D eigenvalue weighted by Gasteiger charge is 2.43. The lowest BCUT2D eigenvalue weighted by Gasteiger charge is -2.32. The maximum atomic E-state index is 9.79. The van der Waals surface area contributed by atoms with E-state index in [4.69, 9.17) is 0 Å². The van der Waals surface area contributed by atoms with Crippen LogP contribution in [0.2, 0.25) is 0 Å². The lowest BCUT2D eigenvalue weighted by Crippen LogP contribution is -2.48. The van der Waals surface area contributed by atoms with Crippen LogP contribution < -0.4 is 5.32 Å². The van der Waals surface area contributed by atoms with Crippen molar-refractivity contribution in [3.05, 3.63) is 0 Å². The van der Waals surface area contributed by atoms with E-state index in [9.17, 15) is 5.11 Å². The van der Waals surface area contributed by atoms with Crippen LogP contribution in [0.15, 0.2) is 0 Å². The molecule has 0 heterocycles. The van der Waals surface area contributed by atoms with Gasteiger partial charge in [0.1, 0.15) is 0 Å². The van der Waals surface area contributed by atoms with E-state index < -0.39 is 0 Å². The first-order valence-corrected chi connectivity index (χ1v) is 8.36. The highest BCUT2D eigenvalue weighted by Crippen LogP contribution is 2.38. The van der Waals surface area contributed by atoms with E-state index in [0.29, 0.717) is 12.6 Å². The number of rotatable bonds is 9. The van der Waals surface area contributed by atoms with Gasteiger partial charge >= 0.3 is 0 Å². The van der Waals surface area contributed by atoms with E-state index in [2.05, 4.69) is 24.1 Å². The predicted octanol–water partition coefficient (Wildman–Crippen LogP) is 2.53. The molecule has 0 aromatic carbocycles. The van der Waals surface area contributed by atoms with Gasteiger partial charge in [-0.3, -0.25) is 4.90 Å². The Labute approximate surface area is 118 Å². The summed E-state index contributed by atoms with van der Waals surface area (Å²) in [6.45, 7) is 7.07. The number of nitrogens with one attached hydrogen (secondary N) is 1. The van der Waals surface area contributed by atoms with Gasteiger partial charge in [0.05, 0.1) is 6.61 Å². The van der Waals surface area contributed by atoms with Crippen LogP contribution in [0.5, 0.6) is 0 Å². The monoisotopic (exact) mass is 268 g/mol. The van der Waals surface area contributed by atoms with Gasteiger partial charge in [0, 0.05) is 17.6 Å². The van der Waals surface area contributed by atoms with E-state index in [1.807, 2.05) is 0 Å². The zero-order valence-electron chi connectivity index (χ0n) is 12.8. The normalized spacial score (nSPS) is 31.3. The zero-order chi connectivity index (χ0) is 13.7. The molecule has 0 aliphatic heterocycles. The van der Waals surface area contributed by atoms with E-state index in [1.165, 1.54) is 38.6 Å². The molecule has 2 fully saturated rings. The van der Waals surface area contributed by atoms with E-state index in [-0.39, 0.29) is 5.54 Å². The lowest BCUT2D eigenvalue weighted by molar-refractivity contribution is 0.138. The van der Waals surface area contributed by atoms with Gasteiger partial charge in [0.15, 0.2) is 0 Å². The fourth-order valence-electron chi connectivity index (χ4n) is 3.54. The Morgan fingerprint density at radius 3 is 2.53 bits per heavy atom. The molecule has 2 rings (SSSR count). The minimum atomic E-state index is 0.0139. The minimum absolute atomic E-state index is 0.0139. The van der Waals surface area contributed by atoms with Crippen LogP contribution in [-0.2, 0) is 0 Å². The van der Waals surface area contributed by atoms with Crippen LogP contribution in [0.3, 0.4) is 0 Å². The smallest absolute Gasteiger partial charge is 0.0613 e. The molecule has 0 aromatic heterocycles. The Morgan fingerprint density at radius 2 is 1.95 bits per heavy atom. The van der Waals surface area contributed by atoms with Crippen LogP contribution in [0, 0.1) is 0 Å². The summed E-state index contributed by atoms with van der Waals surface area (Å²) in [6, 6.07) is 1.56. The third-order valence-electron chi connectivity index (χ3n) is 4.89. The van der Waals surface area contributed by atoms with E-state index in [1.54, 1.807) is 0 Å². The molecule has 0 spiro atoms. The summed E-state index contributed by atoms with van der Waals surface area (Å²) >= 11 is 0. The van der Waals surface area contributed by atoms with Crippen LogP contribution in [0.25, 0.3) is 0 Å². The number of hydrogen-bond donors (Lipinski definition) is 2. The maximum absolute atomic E-state index is 9.79. The van der Waals surface area contributed by atoms with Gasteiger partial charge < -0.3 is 10.4 Å². The third-order valence-corrected chi connectivity index (χ3v) is 4.89. The summed E-state index contributed by atoms with van der Waals surface area (Å²) in [7, 11) is 0. The quantitative estimate of drug-likeness (QED) is 0.674. The van der Waals surface area contributed by atoms with Crippen molar-refractivity contribution in [2.24, 2.45) is 0 Å². The molecule has 0 aromatic rings. The van der Waals surface area contributed by atoms with Crippen molar-refractivity contribution < 1.29 is 5.11 Å². The number of hydrogen-bond acceptors (Lipinski definition) is 3. The first-order chi connectivity index (χ1) is 9.24. The number of unbranched alkanes of at least 4 members (excludes halogenated alkanes) is 1. The Balaban J connectivity index is 1.90. The SMILES string of the molecule is CCCCN(C1CC1)C1CCC(CO)(NCCC)C1. The lowest BCUT2D eigenvalue weighted by atomic mass is 9.98. The molecule has 3 nitrogen and oxygen atoms in total. The van der Waals surface area contributed by atoms with Gasteiger partial charge in [0.2, 0.25) is 0 Å². The Kier molecular flexibility index (Phi) is 5.67. The van der Waals surface area contributed by atoms with Gasteiger partial charge in [0.25, 0.3) is 0 Å². The molecular formula is C16H32N2O. The molecule has 0 amide bonds. The standard InChI is InChI=1S/C16H32N2O/c1-3-5-11-18(14-6-7-14)15-8-9-16(12-15,13-19)17-10-4-2/h14-15,17,19H,3-13H2,1-2H3. The first-order valence-electron chi connectivity index (χ1n) is 8.36. The van der Waals surface area contributed by atoms with E-state index in [0.717, 1.165) is 31.8 Å². The largest absolute Gasteiger partial charge is 0.394 e.